The van der Waals surface area contributed by atoms with Gasteiger partial charge in [0, 0.05) is 23.5 Å². The lowest BCUT2D eigenvalue weighted by Gasteiger charge is -2.28. The number of H-pyrrole nitrogens is 1. The van der Waals surface area contributed by atoms with E-state index in [1.54, 1.807) is 36.7 Å². The first kappa shape index (κ1) is 16.0. The smallest absolute Gasteiger partial charge is 0.335 e. The fourth-order valence-corrected chi connectivity index (χ4v) is 2.68. The van der Waals surface area contributed by atoms with Crippen LogP contribution in [-0.4, -0.2) is 34.6 Å². The normalized spacial score (nSPS) is 13.7. The van der Waals surface area contributed by atoms with Crippen molar-refractivity contribution in [3.05, 3.63) is 41.6 Å². The molecule has 0 radical (unpaired) electrons. The molecule has 0 amide bonds. The van der Waals surface area contributed by atoms with Crippen molar-refractivity contribution < 1.29 is 14.7 Å². The molecule has 2 N–H and O–H groups in total. The monoisotopic (exact) mass is 325 g/mol. The molecule has 2 aromatic rings. The lowest BCUT2D eigenvalue weighted by Crippen LogP contribution is -2.26. The van der Waals surface area contributed by atoms with Crippen molar-refractivity contribution in [1.29, 1.82) is 0 Å². The highest BCUT2D eigenvalue weighted by Crippen LogP contribution is 2.40. The van der Waals surface area contributed by atoms with Crippen LogP contribution in [0.15, 0.2) is 35.5 Å². The van der Waals surface area contributed by atoms with Crippen LogP contribution < -0.4 is 4.90 Å². The Bertz CT molecular complexity index is 826. The molecule has 0 bridgehead atoms. The Kier molecular flexibility index (Phi) is 3.75. The second kappa shape index (κ2) is 5.63. The number of hydrogen-bond acceptors (Lipinski definition) is 4. The van der Waals surface area contributed by atoms with Gasteiger partial charge in [0.1, 0.15) is 0 Å². The van der Waals surface area contributed by atoms with E-state index in [1.165, 1.54) is 0 Å². The zero-order valence-corrected chi connectivity index (χ0v) is 13.8. The molecule has 3 rings (SSSR count). The van der Waals surface area contributed by atoms with Gasteiger partial charge in [0.25, 0.3) is 0 Å². The minimum absolute atomic E-state index is 0.0317. The number of ketones is 1. The van der Waals surface area contributed by atoms with Gasteiger partial charge >= 0.3 is 5.97 Å². The third kappa shape index (κ3) is 2.71. The average molecular weight is 325 g/mol. The summed E-state index contributed by atoms with van der Waals surface area (Å²) in [5.41, 5.74) is 1.87. The third-order valence-electron chi connectivity index (χ3n) is 3.94. The van der Waals surface area contributed by atoms with Gasteiger partial charge < -0.3 is 15.0 Å². The number of aromatic amines is 1. The minimum Gasteiger partial charge on any atom is -0.478 e. The van der Waals surface area contributed by atoms with Gasteiger partial charge in [-0.3, -0.25) is 4.79 Å². The number of aromatic nitrogens is 1. The van der Waals surface area contributed by atoms with Crippen molar-refractivity contribution in [3.63, 3.8) is 0 Å². The number of Topliss-reactive ketones (excluding diaryl/α,β-unsaturated/α-hetero) is 1. The molecule has 24 heavy (non-hydrogen) atoms. The maximum absolute atomic E-state index is 12.7. The Hall–Kier alpha value is -2.89. The number of nitrogens with zero attached hydrogens (tertiary/aromatic N) is 2. The highest BCUT2D eigenvalue weighted by atomic mass is 16.4. The molecule has 1 aliphatic heterocycles. The summed E-state index contributed by atoms with van der Waals surface area (Å²) < 4.78 is 0. The molecular formula is C18H19N3O3. The predicted octanol–water partition coefficient (Wildman–Crippen LogP) is 3.80. The molecule has 0 atom stereocenters. The van der Waals surface area contributed by atoms with Crippen LogP contribution in [0, 0.1) is 5.41 Å². The van der Waals surface area contributed by atoms with Crippen LogP contribution in [0.5, 0.6) is 0 Å². The predicted molar refractivity (Wildman–Crippen MR) is 93.1 cm³/mol. The topological polar surface area (TPSA) is 85.8 Å². The largest absolute Gasteiger partial charge is 0.478 e. The number of benzene rings is 1. The average Bonchev–Trinajstić information content (AvgIpc) is 2.97. The van der Waals surface area contributed by atoms with Crippen LogP contribution >= 0.6 is 0 Å². The zero-order chi connectivity index (χ0) is 17.5. The number of nitrogens with one attached hydrogen (secondary N) is 1. The standard InChI is InChI=1S/C18H19N3O3/c1-18(2,3)15(22)13-10-20-16-14(13)21(9-8-19-16)12-6-4-11(5-7-12)17(23)24/h4-8,10,20H,9H2,1-3H3,(H,23,24). The van der Waals surface area contributed by atoms with Crippen LogP contribution in [0.25, 0.3) is 0 Å². The summed E-state index contributed by atoms with van der Waals surface area (Å²) in [6.07, 6.45) is 3.45. The van der Waals surface area contributed by atoms with Gasteiger partial charge in [0.05, 0.1) is 23.4 Å². The molecule has 6 heteroatoms. The number of carbonyl (C=O) groups is 2. The SMILES string of the molecule is CC(C)(C)C(=O)c1c[nH]c2c1N(c1ccc(C(=O)O)cc1)CC=N2. The summed E-state index contributed by atoms with van der Waals surface area (Å²) in [6.45, 7) is 6.16. The van der Waals surface area contributed by atoms with Crippen LogP contribution in [0.2, 0.25) is 0 Å². The quantitative estimate of drug-likeness (QED) is 0.841. The summed E-state index contributed by atoms with van der Waals surface area (Å²) in [5, 5.41) is 9.03. The number of anilines is 2. The van der Waals surface area contributed by atoms with Gasteiger partial charge in [0.15, 0.2) is 11.6 Å². The molecule has 0 aliphatic carbocycles. The van der Waals surface area contributed by atoms with Gasteiger partial charge in [-0.1, -0.05) is 20.8 Å². The molecule has 2 heterocycles. The highest BCUT2D eigenvalue weighted by Gasteiger charge is 2.31. The second-order valence-electron chi connectivity index (χ2n) is 6.75. The first-order chi connectivity index (χ1) is 11.3. The Morgan fingerprint density at radius 3 is 2.46 bits per heavy atom. The molecule has 1 aromatic heterocycles. The molecule has 0 saturated heterocycles. The molecule has 1 aromatic carbocycles. The third-order valence-corrected chi connectivity index (χ3v) is 3.94. The minimum atomic E-state index is -0.965. The van der Waals surface area contributed by atoms with E-state index in [1.807, 2.05) is 25.7 Å². The lowest BCUT2D eigenvalue weighted by molar-refractivity contribution is 0.0696. The van der Waals surface area contributed by atoms with E-state index >= 15 is 0 Å². The van der Waals surface area contributed by atoms with Crippen molar-refractivity contribution in [2.24, 2.45) is 10.4 Å². The van der Waals surface area contributed by atoms with Crippen molar-refractivity contribution >= 4 is 35.2 Å². The number of rotatable bonds is 3. The van der Waals surface area contributed by atoms with Crippen molar-refractivity contribution in [2.75, 3.05) is 11.4 Å². The molecule has 1 aliphatic rings. The molecule has 0 saturated carbocycles. The van der Waals surface area contributed by atoms with E-state index in [-0.39, 0.29) is 11.3 Å². The maximum Gasteiger partial charge on any atom is 0.335 e. The molecule has 0 fully saturated rings. The van der Waals surface area contributed by atoms with Gasteiger partial charge in [-0.25, -0.2) is 9.79 Å². The second-order valence-corrected chi connectivity index (χ2v) is 6.75. The van der Waals surface area contributed by atoms with Gasteiger partial charge in [-0.15, -0.1) is 0 Å². The molecule has 6 nitrogen and oxygen atoms in total. The number of aliphatic imine (C=N–C) groups is 1. The Morgan fingerprint density at radius 2 is 1.88 bits per heavy atom. The Morgan fingerprint density at radius 1 is 1.21 bits per heavy atom. The van der Waals surface area contributed by atoms with E-state index in [2.05, 4.69) is 9.98 Å². The highest BCUT2D eigenvalue weighted by molar-refractivity contribution is 6.08. The summed E-state index contributed by atoms with van der Waals surface area (Å²) in [6, 6.07) is 6.59. The van der Waals surface area contributed by atoms with Crippen LogP contribution in [-0.2, 0) is 0 Å². The Labute approximate surface area is 139 Å². The van der Waals surface area contributed by atoms with Gasteiger partial charge in [-0.2, -0.15) is 0 Å². The number of fused-ring (bicyclic) bond motifs is 1. The van der Waals surface area contributed by atoms with E-state index in [9.17, 15) is 9.59 Å². The maximum atomic E-state index is 12.7. The van der Waals surface area contributed by atoms with E-state index < -0.39 is 11.4 Å². The van der Waals surface area contributed by atoms with Gasteiger partial charge in [-0.05, 0) is 24.3 Å². The number of aromatic carboxylic acids is 1. The lowest BCUT2D eigenvalue weighted by atomic mass is 9.87. The summed E-state index contributed by atoms with van der Waals surface area (Å²) in [5.74, 6) is -0.298. The fraction of sp³-hybridized carbons (Fsp3) is 0.278. The number of hydrogen-bond donors (Lipinski definition) is 2. The van der Waals surface area contributed by atoms with Gasteiger partial charge in [0.2, 0.25) is 0 Å². The molecule has 0 spiro atoms. The molecular weight excluding hydrogens is 306 g/mol. The number of carboxylic acid groups (broad SMARTS) is 1. The first-order valence-electron chi connectivity index (χ1n) is 7.68. The summed E-state index contributed by atoms with van der Waals surface area (Å²) >= 11 is 0. The van der Waals surface area contributed by atoms with Crippen LogP contribution in [0.4, 0.5) is 17.2 Å². The van der Waals surface area contributed by atoms with Crippen molar-refractivity contribution in [1.82, 2.24) is 4.98 Å². The van der Waals surface area contributed by atoms with Crippen LogP contribution in [0.1, 0.15) is 41.5 Å². The van der Waals surface area contributed by atoms with Crippen LogP contribution in [0.3, 0.4) is 0 Å². The zero-order valence-electron chi connectivity index (χ0n) is 13.8. The van der Waals surface area contributed by atoms with E-state index in [0.29, 0.717) is 17.9 Å². The number of carboxylic acids is 1. The summed E-state index contributed by atoms with van der Waals surface area (Å²) in [4.78, 5) is 33.1. The Balaban J connectivity index is 2.05. The van der Waals surface area contributed by atoms with E-state index in [0.717, 1.165) is 11.4 Å². The molecule has 124 valence electrons. The molecule has 0 unspecified atom stereocenters. The van der Waals surface area contributed by atoms with Crippen molar-refractivity contribution in [3.8, 4) is 0 Å². The number of carbonyl (C=O) groups excluding carboxylic acids is 1. The first-order valence-corrected chi connectivity index (χ1v) is 7.68. The van der Waals surface area contributed by atoms with Crippen molar-refractivity contribution in [2.45, 2.75) is 20.8 Å². The fourth-order valence-electron chi connectivity index (χ4n) is 2.68. The van der Waals surface area contributed by atoms with E-state index in [4.69, 9.17) is 5.11 Å². The summed E-state index contributed by atoms with van der Waals surface area (Å²) in [7, 11) is 0.